The molecule has 0 bridgehead atoms. The van der Waals surface area contributed by atoms with Gasteiger partial charge in [-0.15, -0.1) is 0 Å². The summed E-state index contributed by atoms with van der Waals surface area (Å²) in [6.45, 7) is 12.3. The Morgan fingerprint density at radius 3 is 2.07 bits per heavy atom. The third-order valence-corrected chi connectivity index (χ3v) is 7.99. The zero-order chi connectivity index (χ0) is 34.4. The number of cyclic esters (lactones) is 1. The van der Waals surface area contributed by atoms with Gasteiger partial charge in [-0.3, -0.25) is 24.0 Å². The van der Waals surface area contributed by atoms with Crippen LogP contribution in [0.3, 0.4) is 0 Å². The highest BCUT2D eigenvalue weighted by Crippen LogP contribution is 2.20. The van der Waals surface area contributed by atoms with E-state index in [1.807, 2.05) is 58.0 Å². The van der Waals surface area contributed by atoms with Crippen LogP contribution < -0.4 is 26.6 Å². The Morgan fingerprint density at radius 2 is 1.46 bits per heavy atom. The Morgan fingerprint density at radius 1 is 0.804 bits per heavy atom. The minimum Gasteiger partial charge on any atom is -0.460 e. The van der Waals surface area contributed by atoms with Crippen LogP contribution in [-0.4, -0.2) is 72.3 Å². The molecule has 2 rings (SSSR count). The number of ether oxygens (including phenoxy) is 1. The van der Waals surface area contributed by atoms with E-state index in [0.29, 0.717) is 6.42 Å². The number of carbonyl (C=O) groups excluding carboxylic acids is 6. The molecule has 1 aromatic rings. The lowest BCUT2D eigenvalue weighted by Gasteiger charge is -2.28. The van der Waals surface area contributed by atoms with E-state index in [1.165, 1.54) is 6.92 Å². The maximum Gasteiger partial charge on any atom is 0.329 e. The number of nitrogens with one attached hydrogen (secondary N) is 5. The number of hydrogen-bond donors (Lipinski definition) is 5. The number of esters is 1. The van der Waals surface area contributed by atoms with Gasteiger partial charge in [0.1, 0.15) is 30.3 Å². The molecule has 0 aliphatic carbocycles. The Hall–Kier alpha value is -3.96. The maximum atomic E-state index is 13.7. The van der Waals surface area contributed by atoms with Crippen LogP contribution in [0, 0.1) is 17.8 Å². The second-order valence-corrected chi connectivity index (χ2v) is 13.0. The van der Waals surface area contributed by atoms with Crippen molar-refractivity contribution in [3.63, 3.8) is 0 Å². The van der Waals surface area contributed by atoms with Crippen molar-refractivity contribution in [2.75, 3.05) is 6.54 Å². The quantitative estimate of drug-likeness (QED) is 0.257. The van der Waals surface area contributed by atoms with E-state index in [-0.39, 0.29) is 43.6 Å². The van der Waals surface area contributed by atoms with Gasteiger partial charge in [0.2, 0.25) is 29.5 Å². The minimum absolute atomic E-state index is 0.0155. The molecular formula is C34H53N5O7. The van der Waals surface area contributed by atoms with Gasteiger partial charge in [0, 0.05) is 6.42 Å². The molecule has 0 radical (unpaired) electrons. The summed E-state index contributed by atoms with van der Waals surface area (Å²) in [5.41, 5.74) is 0.776. The van der Waals surface area contributed by atoms with Gasteiger partial charge in [0.05, 0.1) is 13.0 Å². The predicted octanol–water partition coefficient (Wildman–Crippen LogP) is 2.15. The monoisotopic (exact) mass is 643 g/mol. The number of amides is 5. The third kappa shape index (κ3) is 12.8. The largest absolute Gasteiger partial charge is 0.460 e. The first-order valence-electron chi connectivity index (χ1n) is 16.4. The second kappa shape index (κ2) is 18.9. The molecule has 1 aliphatic heterocycles. The Bertz CT molecular complexity index is 1190. The van der Waals surface area contributed by atoms with Gasteiger partial charge in [-0.2, -0.15) is 0 Å². The Labute approximate surface area is 272 Å². The van der Waals surface area contributed by atoms with E-state index >= 15 is 0 Å². The molecule has 12 heteroatoms. The highest BCUT2D eigenvalue weighted by molar-refractivity contribution is 5.95. The van der Waals surface area contributed by atoms with E-state index < -0.39 is 65.8 Å². The highest BCUT2D eigenvalue weighted by Gasteiger charge is 2.34. The van der Waals surface area contributed by atoms with Gasteiger partial charge in [-0.05, 0) is 43.1 Å². The van der Waals surface area contributed by atoms with Gasteiger partial charge in [-0.1, -0.05) is 84.7 Å². The molecule has 6 atom stereocenters. The number of hydrogen-bond acceptors (Lipinski definition) is 7. The third-order valence-electron chi connectivity index (χ3n) is 7.99. The predicted molar refractivity (Wildman–Crippen MR) is 174 cm³/mol. The van der Waals surface area contributed by atoms with Crippen LogP contribution in [0.15, 0.2) is 30.3 Å². The lowest BCUT2D eigenvalue weighted by Crippen LogP contribution is -2.58. The number of carbonyl (C=O) groups is 6. The molecule has 0 spiro atoms. The molecule has 256 valence electrons. The molecule has 2 unspecified atom stereocenters. The zero-order valence-electron chi connectivity index (χ0n) is 28.3. The fourth-order valence-corrected chi connectivity index (χ4v) is 5.18. The Kier molecular flexibility index (Phi) is 15.7. The standard InChI is InChI=1S/C34H53N5O7/c1-8-9-13-22(6)27-18-28(40)35-19-29(41)39-30(21(4)5)33(44)37-25(16-20(2)3)32(43)36-23(7)31(42)38-26(34(45)46-27)17-24-14-11-10-12-15-24/h10-12,14-15,20-23,25-27,30H,8-9,13,16-19H2,1-7H3,(H,35,40)(H,36,43)(H,37,44)(H,38,42)(H,39,41)/t22-,23-,25-,26?,27-,30?/m0/s1. The molecule has 12 nitrogen and oxygen atoms in total. The van der Waals surface area contributed by atoms with Gasteiger partial charge >= 0.3 is 5.97 Å². The molecule has 1 heterocycles. The highest BCUT2D eigenvalue weighted by atomic mass is 16.5. The summed E-state index contributed by atoms with van der Waals surface area (Å²) < 4.78 is 5.93. The smallest absolute Gasteiger partial charge is 0.329 e. The zero-order valence-corrected chi connectivity index (χ0v) is 28.3. The van der Waals surface area contributed by atoms with Crippen molar-refractivity contribution in [3.05, 3.63) is 35.9 Å². The normalized spacial score (nSPS) is 25.2. The lowest BCUT2D eigenvalue weighted by atomic mass is 9.95. The molecule has 1 saturated heterocycles. The first-order chi connectivity index (χ1) is 21.7. The summed E-state index contributed by atoms with van der Waals surface area (Å²) in [6, 6.07) is 4.99. The topological polar surface area (TPSA) is 172 Å². The van der Waals surface area contributed by atoms with Crippen LogP contribution >= 0.6 is 0 Å². The van der Waals surface area contributed by atoms with E-state index in [4.69, 9.17) is 4.74 Å². The molecular weight excluding hydrogens is 590 g/mol. The number of benzene rings is 1. The van der Waals surface area contributed by atoms with Crippen LogP contribution in [0.1, 0.15) is 86.1 Å². The van der Waals surface area contributed by atoms with Crippen molar-refractivity contribution in [2.45, 2.75) is 117 Å². The molecule has 46 heavy (non-hydrogen) atoms. The van der Waals surface area contributed by atoms with Gasteiger partial charge in [-0.25, -0.2) is 4.79 Å². The van der Waals surface area contributed by atoms with Crippen molar-refractivity contribution >= 4 is 35.5 Å². The molecule has 5 amide bonds. The van der Waals surface area contributed by atoms with Crippen LogP contribution in [0.5, 0.6) is 0 Å². The van der Waals surface area contributed by atoms with Gasteiger partial charge in [0.15, 0.2) is 0 Å². The summed E-state index contributed by atoms with van der Waals surface area (Å²) >= 11 is 0. The summed E-state index contributed by atoms with van der Waals surface area (Å²) in [6.07, 6.45) is 1.87. The van der Waals surface area contributed by atoms with Crippen molar-refractivity contribution in [2.24, 2.45) is 17.8 Å². The fraction of sp³-hybridized carbons (Fsp3) is 0.647. The van der Waals surface area contributed by atoms with Crippen LogP contribution in [0.25, 0.3) is 0 Å². The number of unbranched alkanes of at least 4 members (excludes halogenated alkanes) is 1. The molecule has 1 aromatic carbocycles. The minimum atomic E-state index is -1.11. The summed E-state index contributed by atoms with van der Waals surface area (Å²) in [5, 5.41) is 13.4. The van der Waals surface area contributed by atoms with E-state index in [1.54, 1.807) is 13.8 Å². The summed E-state index contributed by atoms with van der Waals surface area (Å²) in [5.74, 6) is -4.03. The van der Waals surface area contributed by atoms with Crippen molar-refractivity contribution in [1.29, 1.82) is 0 Å². The average molecular weight is 644 g/mol. The Balaban J connectivity index is 2.47. The average Bonchev–Trinajstić information content (AvgIpc) is 2.99. The summed E-state index contributed by atoms with van der Waals surface area (Å²) in [7, 11) is 0. The molecule has 1 aliphatic rings. The summed E-state index contributed by atoms with van der Waals surface area (Å²) in [4.78, 5) is 79.6. The maximum absolute atomic E-state index is 13.7. The van der Waals surface area contributed by atoms with Crippen LogP contribution in [0.2, 0.25) is 0 Å². The first-order valence-corrected chi connectivity index (χ1v) is 16.4. The van der Waals surface area contributed by atoms with E-state index in [0.717, 1.165) is 18.4 Å². The molecule has 1 fully saturated rings. The molecule has 0 saturated carbocycles. The SMILES string of the molecule is CCCC[C@H](C)[C@@H]1CC(=O)NCC(=O)NC(C(C)C)C(=O)N[C@@H](CC(C)C)C(=O)N[C@@H](C)C(=O)NC(Cc2ccccc2)C(=O)O1. The lowest BCUT2D eigenvalue weighted by molar-refractivity contribution is -0.157. The van der Waals surface area contributed by atoms with Crippen LogP contribution in [-0.2, 0) is 39.9 Å². The molecule has 0 aromatic heterocycles. The number of rotatable bonds is 9. The fourth-order valence-electron chi connectivity index (χ4n) is 5.18. The van der Waals surface area contributed by atoms with Crippen molar-refractivity contribution < 1.29 is 33.5 Å². The molecule has 5 N–H and O–H groups in total. The van der Waals surface area contributed by atoms with Crippen molar-refractivity contribution in [3.8, 4) is 0 Å². The van der Waals surface area contributed by atoms with Gasteiger partial charge in [0.25, 0.3) is 0 Å². The van der Waals surface area contributed by atoms with Crippen molar-refractivity contribution in [1.82, 2.24) is 26.6 Å². The first kappa shape index (κ1) is 38.2. The van der Waals surface area contributed by atoms with E-state index in [2.05, 4.69) is 26.6 Å². The van der Waals surface area contributed by atoms with E-state index in [9.17, 15) is 28.8 Å². The second-order valence-electron chi connectivity index (χ2n) is 13.0. The van der Waals surface area contributed by atoms with Crippen LogP contribution in [0.4, 0.5) is 0 Å². The van der Waals surface area contributed by atoms with Gasteiger partial charge < -0.3 is 31.3 Å².